The number of anilines is 1. The Bertz CT molecular complexity index is 1310. The normalized spacial score (nSPS) is 15.5. The fourth-order valence-electron chi connectivity index (χ4n) is 3.51. The van der Waals surface area contributed by atoms with E-state index in [1.807, 2.05) is 30.3 Å². The third kappa shape index (κ3) is 5.30. The zero-order valence-corrected chi connectivity index (χ0v) is 19.2. The summed E-state index contributed by atoms with van der Waals surface area (Å²) in [5.41, 5.74) is 2.29. The lowest BCUT2D eigenvalue weighted by Gasteiger charge is -2.12. The SMILES string of the molecule is O=C(CN1C(=O)S/C(=C/c2ccc(OCc3ccccc3)cc2)C1=O)Nc1ccc2c(c1)OCO2. The van der Waals surface area contributed by atoms with Gasteiger partial charge in [0.15, 0.2) is 11.5 Å². The van der Waals surface area contributed by atoms with E-state index in [4.69, 9.17) is 14.2 Å². The van der Waals surface area contributed by atoms with Crippen molar-refractivity contribution in [3.8, 4) is 17.2 Å². The van der Waals surface area contributed by atoms with Gasteiger partial charge in [-0.25, -0.2) is 0 Å². The first-order valence-electron chi connectivity index (χ1n) is 10.8. The minimum Gasteiger partial charge on any atom is -0.489 e. The Morgan fingerprint density at radius 2 is 1.77 bits per heavy atom. The van der Waals surface area contributed by atoms with Crippen LogP contribution >= 0.6 is 11.8 Å². The Balaban J connectivity index is 1.18. The Kier molecular flexibility index (Phi) is 6.40. The van der Waals surface area contributed by atoms with Crippen LogP contribution in [-0.4, -0.2) is 35.3 Å². The summed E-state index contributed by atoms with van der Waals surface area (Å²) in [6, 6.07) is 22.0. The first-order valence-corrected chi connectivity index (χ1v) is 11.6. The minimum absolute atomic E-state index is 0.124. The summed E-state index contributed by atoms with van der Waals surface area (Å²) in [6.45, 7) is 0.190. The monoisotopic (exact) mass is 488 g/mol. The first kappa shape index (κ1) is 22.5. The average molecular weight is 489 g/mol. The summed E-state index contributed by atoms with van der Waals surface area (Å²) in [5.74, 6) is 0.806. The quantitative estimate of drug-likeness (QED) is 0.483. The summed E-state index contributed by atoms with van der Waals surface area (Å²) in [5, 5.41) is 2.18. The maximum atomic E-state index is 12.8. The molecule has 0 bridgehead atoms. The molecule has 0 unspecified atom stereocenters. The molecule has 0 radical (unpaired) electrons. The Morgan fingerprint density at radius 3 is 2.57 bits per heavy atom. The third-order valence-electron chi connectivity index (χ3n) is 5.26. The molecule has 0 atom stereocenters. The van der Waals surface area contributed by atoms with E-state index < -0.39 is 17.1 Å². The van der Waals surface area contributed by atoms with Gasteiger partial charge >= 0.3 is 0 Å². The number of imide groups is 1. The first-order chi connectivity index (χ1) is 17.0. The molecule has 1 saturated heterocycles. The summed E-state index contributed by atoms with van der Waals surface area (Å²) >= 11 is 0.804. The van der Waals surface area contributed by atoms with Gasteiger partial charge in [0, 0.05) is 11.8 Å². The van der Waals surface area contributed by atoms with Gasteiger partial charge < -0.3 is 19.5 Å². The van der Waals surface area contributed by atoms with Gasteiger partial charge in [0.1, 0.15) is 18.9 Å². The number of nitrogens with one attached hydrogen (secondary N) is 1. The lowest BCUT2D eigenvalue weighted by molar-refractivity contribution is -0.127. The maximum Gasteiger partial charge on any atom is 0.294 e. The molecule has 0 saturated carbocycles. The molecular weight excluding hydrogens is 468 g/mol. The Hall–Kier alpha value is -4.24. The molecular formula is C26H20N2O6S. The second-order valence-corrected chi connectivity index (χ2v) is 8.72. The topological polar surface area (TPSA) is 94.2 Å². The fourth-order valence-corrected chi connectivity index (χ4v) is 4.35. The third-order valence-corrected chi connectivity index (χ3v) is 6.17. The van der Waals surface area contributed by atoms with E-state index in [-0.39, 0.29) is 18.2 Å². The standard InChI is InChI=1S/C26H20N2O6S/c29-24(27-19-8-11-21-22(13-19)34-16-33-21)14-28-25(30)23(35-26(28)31)12-17-6-9-20(10-7-17)32-15-18-4-2-1-3-5-18/h1-13H,14-16H2,(H,27,29)/b23-12+. The van der Waals surface area contributed by atoms with E-state index >= 15 is 0 Å². The lowest BCUT2D eigenvalue weighted by atomic mass is 10.2. The van der Waals surface area contributed by atoms with Gasteiger partial charge in [-0.15, -0.1) is 0 Å². The van der Waals surface area contributed by atoms with E-state index in [9.17, 15) is 14.4 Å². The number of thioether (sulfide) groups is 1. The summed E-state index contributed by atoms with van der Waals surface area (Å²) < 4.78 is 16.3. The summed E-state index contributed by atoms with van der Waals surface area (Å²) in [4.78, 5) is 38.8. The molecule has 3 aromatic rings. The average Bonchev–Trinajstić information content (AvgIpc) is 3.44. The van der Waals surface area contributed by atoms with Gasteiger partial charge in [-0.2, -0.15) is 0 Å². The van der Waals surface area contributed by atoms with Gasteiger partial charge in [0.2, 0.25) is 12.7 Å². The molecule has 5 rings (SSSR count). The molecule has 0 spiro atoms. The zero-order valence-electron chi connectivity index (χ0n) is 18.4. The highest BCUT2D eigenvalue weighted by Crippen LogP contribution is 2.35. The number of carbonyl (C=O) groups is 3. The van der Waals surface area contributed by atoms with Crippen molar-refractivity contribution in [1.29, 1.82) is 0 Å². The molecule has 0 aromatic heterocycles. The molecule has 8 nitrogen and oxygen atoms in total. The number of amides is 3. The van der Waals surface area contributed by atoms with E-state index in [1.54, 1.807) is 48.5 Å². The number of ether oxygens (including phenoxy) is 3. The van der Waals surface area contributed by atoms with Crippen molar-refractivity contribution >= 4 is 40.6 Å². The zero-order chi connectivity index (χ0) is 24.2. The number of rotatable bonds is 7. The van der Waals surface area contributed by atoms with Gasteiger partial charge in [-0.3, -0.25) is 19.3 Å². The van der Waals surface area contributed by atoms with Gasteiger partial charge in [-0.05, 0) is 53.2 Å². The maximum absolute atomic E-state index is 12.8. The Labute approximate surface area is 205 Å². The molecule has 2 aliphatic rings. The van der Waals surface area contributed by atoms with Crippen molar-refractivity contribution in [2.75, 3.05) is 18.7 Å². The Morgan fingerprint density at radius 1 is 1.00 bits per heavy atom. The van der Waals surface area contributed by atoms with Crippen molar-refractivity contribution in [3.63, 3.8) is 0 Å². The van der Waals surface area contributed by atoms with Crippen LogP contribution in [0.5, 0.6) is 17.2 Å². The number of benzene rings is 3. The van der Waals surface area contributed by atoms with Crippen molar-refractivity contribution in [2.24, 2.45) is 0 Å². The smallest absolute Gasteiger partial charge is 0.294 e. The minimum atomic E-state index is -0.509. The van der Waals surface area contributed by atoms with Crippen LogP contribution in [-0.2, 0) is 16.2 Å². The largest absolute Gasteiger partial charge is 0.489 e. The predicted octanol–water partition coefficient (Wildman–Crippen LogP) is 4.67. The molecule has 0 aliphatic carbocycles. The van der Waals surface area contributed by atoms with Gasteiger partial charge in [-0.1, -0.05) is 42.5 Å². The highest BCUT2D eigenvalue weighted by molar-refractivity contribution is 8.18. The van der Waals surface area contributed by atoms with Crippen LogP contribution in [0.15, 0.2) is 77.7 Å². The molecule has 3 amide bonds. The van der Waals surface area contributed by atoms with E-state index in [0.29, 0.717) is 29.5 Å². The van der Waals surface area contributed by atoms with E-state index in [1.165, 1.54) is 0 Å². The molecule has 35 heavy (non-hydrogen) atoms. The van der Waals surface area contributed by atoms with Crippen molar-refractivity contribution in [1.82, 2.24) is 4.90 Å². The molecule has 2 aliphatic heterocycles. The van der Waals surface area contributed by atoms with Crippen LogP contribution in [0.1, 0.15) is 11.1 Å². The van der Waals surface area contributed by atoms with E-state index in [0.717, 1.165) is 27.8 Å². The van der Waals surface area contributed by atoms with Crippen molar-refractivity contribution in [2.45, 2.75) is 6.61 Å². The fraction of sp³-hybridized carbons (Fsp3) is 0.115. The molecule has 1 N–H and O–H groups in total. The van der Waals surface area contributed by atoms with Crippen LogP contribution in [0.25, 0.3) is 6.08 Å². The van der Waals surface area contributed by atoms with Crippen LogP contribution in [0, 0.1) is 0 Å². The molecule has 3 aromatic carbocycles. The number of nitrogens with zero attached hydrogens (tertiary/aromatic N) is 1. The predicted molar refractivity (Wildman–Crippen MR) is 131 cm³/mol. The van der Waals surface area contributed by atoms with Crippen LogP contribution in [0.2, 0.25) is 0 Å². The van der Waals surface area contributed by atoms with Crippen LogP contribution in [0.3, 0.4) is 0 Å². The van der Waals surface area contributed by atoms with E-state index in [2.05, 4.69) is 5.32 Å². The highest BCUT2D eigenvalue weighted by atomic mass is 32.2. The van der Waals surface area contributed by atoms with Crippen LogP contribution < -0.4 is 19.5 Å². The van der Waals surface area contributed by atoms with Gasteiger partial charge in [0.25, 0.3) is 11.1 Å². The number of fused-ring (bicyclic) bond motifs is 1. The second-order valence-electron chi connectivity index (χ2n) is 7.73. The molecule has 176 valence electrons. The summed E-state index contributed by atoms with van der Waals surface area (Å²) in [7, 11) is 0. The molecule has 2 heterocycles. The van der Waals surface area contributed by atoms with Crippen molar-refractivity contribution in [3.05, 3.63) is 88.8 Å². The van der Waals surface area contributed by atoms with Crippen LogP contribution in [0.4, 0.5) is 10.5 Å². The number of carbonyl (C=O) groups excluding carboxylic acids is 3. The molecule has 9 heteroatoms. The highest BCUT2D eigenvalue weighted by Gasteiger charge is 2.36. The summed E-state index contributed by atoms with van der Waals surface area (Å²) in [6.07, 6.45) is 1.63. The van der Waals surface area contributed by atoms with Gasteiger partial charge in [0.05, 0.1) is 4.91 Å². The number of hydrogen-bond acceptors (Lipinski definition) is 7. The molecule has 1 fully saturated rings. The second kappa shape index (κ2) is 9.94. The van der Waals surface area contributed by atoms with Crippen molar-refractivity contribution < 1.29 is 28.6 Å². The lowest BCUT2D eigenvalue weighted by Crippen LogP contribution is -2.36. The number of hydrogen-bond donors (Lipinski definition) is 1.